The van der Waals surface area contributed by atoms with Crippen molar-refractivity contribution in [1.82, 2.24) is 0 Å². The van der Waals surface area contributed by atoms with E-state index in [9.17, 15) is 4.79 Å². The molecule has 0 aliphatic rings. The Morgan fingerprint density at radius 1 is 1.78 bits per heavy atom. The Labute approximate surface area is 59.5 Å². The molecule has 0 N–H and O–H groups in total. The van der Waals surface area contributed by atoms with Gasteiger partial charge in [-0.3, -0.25) is 4.79 Å². The Kier molecular flexibility index (Phi) is 3.32. The van der Waals surface area contributed by atoms with Gasteiger partial charge in [-0.25, -0.2) is 0 Å². The van der Waals surface area contributed by atoms with Gasteiger partial charge in [-0.2, -0.15) is 0 Å². The molecule has 0 aromatic carbocycles. The van der Waals surface area contributed by atoms with Crippen LogP contribution in [-0.2, 0) is 9.53 Å². The molecule has 0 radical (unpaired) electrons. The maximum Gasteiger partial charge on any atom is 0.303 e. The van der Waals surface area contributed by atoms with Crippen LogP contribution < -0.4 is 0 Å². The number of carbonyl (C=O) groups excluding carboxylic acids is 1. The first-order chi connectivity index (χ1) is 4.04. The monoisotopic (exact) mass is 148 g/mol. The molecule has 0 bridgehead atoms. The molecule has 0 saturated carbocycles. The summed E-state index contributed by atoms with van der Waals surface area (Å²) >= 11 is 5.40. The second kappa shape index (κ2) is 3.51. The average molecular weight is 149 g/mol. The van der Waals surface area contributed by atoms with Crippen LogP contribution in [0, 0.1) is 0 Å². The predicted octanol–water partition coefficient (Wildman–Crippen LogP) is 1.69. The van der Waals surface area contributed by atoms with Crippen molar-refractivity contribution in [2.24, 2.45) is 0 Å². The molecule has 0 aliphatic heterocycles. The fraction of sp³-hybridized carbons (Fsp3) is 0.500. The van der Waals surface area contributed by atoms with Crippen molar-refractivity contribution in [2.75, 3.05) is 0 Å². The third-order valence-electron chi connectivity index (χ3n) is 0.784. The van der Waals surface area contributed by atoms with Gasteiger partial charge < -0.3 is 4.74 Å². The highest BCUT2D eigenvalue weighted by Crippen LogP contribution is 2.07. The van der Waals surface area contributed by atoms with E-state index in [-0.39, 0.29) is 12.1 Å². The smallest absolute Gasteiger partial charge is 0.303 e. The van der Waals surface area contributed by atoms with Crippen LogP contribution in [0.25, 0.3) is 0 Å². The maximum atomic E-state index is 10.2. The lowest BCUT2D eigenvalue weighted by Gasteiger charge is -2.07. The summed E-state index contributed by atoms with van der Waals surface area (Å²) in [6, 6.07) is 0. The lowest BCUT2D eigenvalue weighted by molar-refractivity contribution is -0.143. The van der Waals surface area contributed by atoms with E-state index < -0.39 is 0 Å². The minimum absolute atomic E-state index is 0.338. The number of rotatable bonds is 2. The van der Waals surface area contributed by atoms with Crippen molar-refractivity contribution in [2.45, 2.75) is 20.0 Å². The molecule has 1 atom stereocenters. The van der Waals surface area contributed by atoms with E-state index in [4.69, 9.17) is 11.6 Å². The molecule has 9 heavy (non-hydrogen) atoms. The van der Waals surface area contributed by atoms with E-state index >= 15 is 0 Å². The van der Waals surface area contributed by atoms with Crippen LogP contribution >= 0.6 is 11.6 Å². The molecule has 0 spiro atoms. The lowest BCUT2D eigenvalue weighted by Crippen LogP contribution is -2.11. The SMILES string of the molecule is C=C(Cl)C(C)OC(C)=O. The quantitative estimate of drug-likeness (QED) is 0.557. The molecule has 3 heteroatoms. The molecule has 52 valence electrons. The Morgan fingerprint density at radius 3 is 2.33 bits per heavy atom. The zero-order valence-electron chi connectivity index (χ0n) is 5.48. The van der Waals surface area contributed by atoms with Gasteiger partial charge in [-0.15, -0.1) is 0 Å². The Balaban J connectivity index is 3.63. The van der Waals surface area contributed by atoms with E-state index in [1.165, 1.54) is 6.92 Å². The molecule has 0 amide bonds. The van der Waals surface area contributed by atoms with Crippen LogP contribution in [0.3, 0.4) is 0 Å². The molecule has 1 unspecified atom stereocenters. The summed E-state index contributed by atoms with van der Waals surface area (Å²) in [5, 5.41) is 0.338. The van der Waals surface area contributed by atoms with Gasteiger partial charge in [0.15, 0.2) is 0 Å². The molecule has 0 aromatic rings. The molecule has 0 saturated heterocycles. The second-order valence-electron chi connectivity index (χ2n) is 1.70. The normalized spacial score (nSPS) is 12.3. The number of esters is 1. The third-order valence-corrected chi connectivity index (χ3v) is 1.09. The van der Waals surface area contributed by atoms with Crippen molar-refractivity contribution in [3.8, 4) is 0 Å². The minimum atomic E-state index is -0.385. The summed E-state index contributed by atoms with van der Waals surface area (Å²) in [6.45, 7) is 6.39. The van der Waals surface area contributed by atoms with Crippen molar-refractivity contribution < 1.29 is 9.53 Å². The molecule has 0 rings (SSSR count). The van der Waals surface area contributed by atoms with E-state index in [0.717, 1.165) is 0 Å². The highest BCUT2D eigenvalue weighted by atomic mass is 35.5. The van der Waals surface area contributed by atoms with Crippen LogP contribution in [0.4, 0.5) is 0 Å². The van der Waals surface area contributed by atoms with Gasteiger partial charge in [-0.1, -0.05) is 18.2 Å². The van der Waals surface area contributed by atoms with Crippen LogP contribution in [0.15, 0.2) is 11.6 Å². The van der Waals surface area contributed by atoms with Crippen molar-refractivity contribution >= 4 is 17.6 Å². The van der Waals surface area contributed by atoms with Gasteiger partial charge in [0.25, 0.3) is 0 Å². The van der Waals surface area contributed by atoms with Crippen LogP contribution in [0.5, 0.6) is 0 Å². The van der Waals surface area contributed by atoms with Crippen molar-refractivity contribution in [1.29, 1.82) is 0 Å². The van der Waals surface area contributed by atoms with Gasteiger partial charge in [0, 0.05) is 6.92 Å². The van der Waals surface area contributed by atoms with Gasteiger partial charge >= 0.3 is 5.97 Å². The van der Waals surface area contributed by atoms with E-state index in [2.05, 4.69) is 11.3 Å². The van der Waals surface area contributed by atoms with E-state index in [0.29, 0.717) is 5.03 Å². The number of hydrogen-bond acceptors (Lipinski definition) is 2. The summed E-state index contributed by atoms with van der Waals surface area (Å²) in [6.07, 6.45) is -0.385. The van der Waals surface area contributed by atoms with Gasteiger partial charge in [-0.05, 0) is 6.92 Å². The summed E-state index contributed by atoms with van der Waals surface area (Å²) in [4.78, 5) is 10.2. The van der Waals surface area contributed by atoms with Crippen LogP contribution in [-0.4, -0.2) is 12.1 Å². The predicted molar refractivity (Wildman–Crippen MR) is 36.2 cm³/mol. The molecule has 0 fully saturated rings. The van der Waals surface area contributed by atoms with E-state index in [1.54, 1.807) is 6.92 Å². The number of carbonyl (C=O) groups is 1. The summed E-state index contributed by atoms with van der Waals surface area (Å²) in [5.74, 6) is -0.343. The van der Waals surface area contributed by atoms with E-state index in [1.807, 2.05) is 0 Å². The standard InChI is InChI=1S/C6H9ClO2/c1-4(7)5(2)9-6(3)8/h5H,1H2,2-3H3. The topological polar surface area (TPSA) is 26.3 Å². The third kappa shape index (κ3) is 4.03. The fourth-order valence-electron chi connectivity index (χ4n) is 0.313. The summed E-state index contributed by atoms with van der Waals surface area (Å²) < 4.78 is 4.64. The van der Waals surface area contributed by atoms with Gasteiger partial charge in [0.2, 0.25) is 0 Å². The molecular weight excluding hydrogens is 140 g/mol. The number of hydrogen-bond donors (Lipinski definition) is 0. The maximum absolute atomic E-state index is 10.2. The fourth-order valence-corrected chi connectivity index (χ4v) is 0.357. The average Bonchev–Trinajstić information content (AvgIpc) is 1.63. The second-order valence-corrected chi connectivity index (χ2v) is 2.18. The first kappa shape index (κ1) is 8.50. The molecule has 0 aromatic heterocycles. The molecular formula is C6H9ClO2. The largest absolute Gasteiger partial charge is 0.457 e. The summed E-state index contributed by atoms with van der Waals surface area (Å²) in [7, 11) is 0. The first-order valence-corrected chi connectivity index (χ1v) is 2.93. The Morgan fingerprint density at radius 2 is 2.22 bits per heavy atom. The highest BCUT2D eigenvalue weighted by molar-refractivity contribution is 6.29. The minimum Gasteiger partial charge on any atom is -0.457 e. The summed E-state index contributed by atoms with van der Waals surface area (Å²) in [5.41, 5.74) is 0. The Hall–Kier alpha value is -0.500. The zero-order chi connectivity index (χ0) is 7.44. The first-order valence-electron chi connectivity index (χ1n) is 2.55. The van der Waals surface area contributed by atoms with Crippen molar-refractivity contribution in [3.63, 3.8) is 0 Å². The molecule has 0 heterocycles. The van der Waals surface area contributed by atoms with Gasteiger partial charge in [0.1, 0.15) is 6.10 Å². The molecule has 2 nitrogen and oxygen atoms in total. The number of halogens is 1. The van der Waals surface area contributed by atoms with Crippen LogP contribution in [0.1, 0.15) is 13.8 Å². The Bertz CT molecular complexity index is 131. The zero-order valence-corrected chi connectivity index (χ0v) is 6.23. The van der Waals surface area contributed by atoms with Crippen LogP contribution in [0.2, 0.25) is 0 Å². The van der Waals surface area contributed by atoms with Crippen molar-refractivity contribution in [3.05, 3.63) is 11.6 Å². The molecule has 0 aliphatic carbocycles. The lowest BCUT2D eigenvalue weighted by atomic mass is 10.4. The highest BCUT2D eigenvalue weighted by Gasteiger charge is 2.05. The number of ether oxygens (including phenoxy) is 1. The van der Waals surface area contributed by atoms with Gasteiger partial charge in [0.05, 0.1) is 5.03 Å².